The van der Waals surface area contributed by atoms with E-state index >= 15 is 0 Å². The van der Waals surface area contributed by atoms with Crippen LogP contribution in [0.15, 0.2) is 529 Å². The van der Waals surface area contributed by atoms with Gasteiger partial charge in [-0.2, -0.15) is 0 Å². The van der Waals surface area contributed by atoms with E-state index in [-0.39, 0.29) is 0 Å². The molecule has 138 heavy (non-hydrogen) atoms. The summed E-state index contributed by atoms with van der Waals surface area (Å²) in [6.07, 6.45) is 0. The van der Waals surface area contributed by atoms with Gasteiger partial charge in [-0.1, -0.05) is 388 Å². The fourth-order valence-electron chi connectivity index (χ4n) is 21.2. The quantitative estimate of drug-likeness (QED) is 0.107. The fourth-order valence-corrected chi connectivity index (χ4v) is 21.2. The van der Waals surface area contributed by atoms with Crippen molar-refractivity contribution in [2.24, 2.45) is 0 Å². The summed E-state index contributed by atoms with van der Waals surface area (Å²) in [6, 6.07) is 184. The molecule has 0 fully saturated rings. The minimum Gasteiger partial charge on any atom is -0.455 e. The third kappa shape index (κ3) is 14.0. The van der Waals surface area contributed by atoms with Crippen LogP contribution in [0.4, 0.5) is 51.2 Å². The van der Waals surface area contributed by atoms with Gasteiger partial charge in [0.15, 0.2) is 11.2 Å². The van der Waals surface area contributed by atoms with Gasteiger partial charge in [0.2, 0.25) is 0 Å². The van der Waals surface area contributed by atoms with E-state index in [1.807, 2.05) is 0 Å². The highest BCUT2D eigenvalue weighted by atomic mass is 16.3. The highest BCUT2D eigenvalue weighted by Gasteiger charge is 2.26. The van der Waals surface area contributed by atoms with Crippen LogP contribution in [0.25, 0.3) is 207 Å². The van der Waals surface area contributed by atoms with Crippen molar-refractivity contribution < 1.29 is 13.3 Å². The van der Waals surface area contributed by atoms with Crippen LogP contribution in [0.1, 0.15) is 0 Å². The van der Waals surface area contributed by atoms with Gasteiger partial charge in [-0.3, -0.25) is 0 Å². The zero-order chi connectivity index (χ0) is 91.1. The number of hydrogen-bond donors (Lipinski definition) is 0. The first kappa shape index (κ1) is 80.5. The maximum absolute atomic E-state index is 7.08. The SMILES string of the molecule is c1ccc(-c2ccc(N(c3ccc(-c4ccc5c6ccccc6c6ccccc6c5c4)cc3)c3cccc4c3oc3c4ccc4ccc5ccccc5c43)cc2)cc1.c1ccc(-c2ccc3c(ccc4ccc5c6cccc(N(c7ccccc7)c7ccccc7)c6oc5c43)c2)cc1.c1ccc(N(c2ccccc2)c2ccc(-c3cccc4c3oc3c4ccc4ccc5ccccc5c43)cc2)cc1. The first-order valence-electron chi connectivity index (χ1n) is 47.1. The van der Waals surface area contributed by atoms with E-state index in [1.54, 1.807) is 0 Å². The van der Waals surface area contributed by atoms with Crippen molar-refractivity contribution >= 4 is 214 Å². The predicted molar refractivity (Wildman–Crippen MR) is 585 cm³/mol. The lowest BCUT2D eigenvalue weighted by Crippen LogP contribution is -2.10. The third-order valence-corrected chi connectivity index (χ3v) is 27.7. The molecule has 0 N–H and O–H groups in total. The summed E-state index contributed by atoms with van der Waals surface area (Å²) in [5, 5.41) is 28.7. The number of nitrogens with zero attached hydrogens (tertiary/aromatic N) is 3. The Labute approximate surface area is 796 Å². The Morgan fingerprint density at radius 3 is 0.819 bits per heavy atom. The molecule has 0 unspecified atom stereocenters. The average molecular weight is 1760 g/mol. The first-order valence-corrected chi connectivity index (χ1v) is 47.1. The van der Waals surface area contributed by atoms with Gasteiger partial charge in [0, 0.05) is 93.9 Å². The van der Waals surface area contributed by atoms with Crippen LogP contribution >= 0.6 is 0 Å². The summed E-state index contributed by atoms with van der Waals surface area (Å²) in [4.78, 5) is 6.89. The van der Waals surface area contributed by atoms with E-state index in [4.69, 9.17) is 13.3 Å². The highest BCUT2D eigenvalue weighted by Crippen LogP contribution is 2.51. The molecule has 3 heterocycles. The smallest absolute Gasteiger partial charge is 0.159 e. The molecule has 646 valence electrons. The predicted octanol–water partition coefficient (Wildman–Crippen LogP) is 38.2. The summed E-state index contributed by atoms with van der Waals surface area (Å²) in [7, 11) is 0. The summed E-state index contributed by atoms with van der Waals surface area (Å²) in [5.41, 5.74) is 24.5. The Hall–Kier alpha value is -18.4. The molecule has 6 heteroatoms. The Morgan fingerprint density at radius 1 is 0.123 bits per heavy atom. The Balaban J connectivity index is 0.000000110. The second-order valence-corrected chi connectivity index (χ2v) is 35.6. The van der Waals surface area contributed by atoms with E-state index in [9.17, 15) is 0 Å². The Kier molecular flexibility index (Phi) is 19.9. The number of para-hydroxylation sites is 7. The molecular formula is C132H85N3O3. The normalized spacial score (nSPS) is 11.6. The van der Waals surface area contributed by atoms with Crippen LogP contribution in [-0.4, -0.2) is 0 Å². The minimum atomic E-state index is 0.864. The van der Waals surface area contributed by atoms with Gasteiger partial charge in [-0.25, -0.2) is 0 Å². The molecule has 3 aromatic heterocycles. The van der Waals surface area contributed by atoms with Gasteiger partial charge in [-0.15, -0.1) is 0 Å². The van der Waals surface area contributed by atoms with Crippen LogP contribution in [-0.2, 0) is 0 Å². The number of hydrogen-bond acceptors (Lipinski definition) is 6. The van der Waals surface area contributed by atoms with E-state index < -0.39 is 0 Å². The number of furan rings is 3. The number of anilines is 9. The molecule has 0 aliphatic rings. The summed E-state index contributed by atoms with van der Waals surface area (Å²) >= 11 is 0. The number of benzene rings is 25. The van der Waals surface area contributed by atoms with Gasteiger partial charge in [0.1, 0.15) is 22.3 Å². The van der Waals surface area contributed by atoms with Gasteiger partial charge < -0.3 is 28.0 Å². The molecule has 0 radical (unpaired) electrons. The Morgan fingerprint density at radius 2 is 0.377 bits per heavy atom. The van der Waals surface area contributed by atoms with Crippen LogP contribution in [0.2, 0.25) is 0 Å². The van der Waals surface area contributed by atoms with E-state index in [1.165, 1.54) is 120 Å². The monoisotopic (exact) mass is 1760 g/mol. The standard InChI is InChI=1S/C56H35NO.2C38H25NO/c1-2-11-36(12-3-1)37-23-29-42(30-24-37)57(53-20-10-19-50-51-34-27-40-22-21-39-13-4-5-14-44(39)54(40)56(51)58-55(50)53)43-31-25-38(26-32-43)41-28-33-49-47-17-7-6-15-45(47)46-16-8-9-18-48(46)52(49)35-41;1-4-11-26(12-5-1)28-22-23-32-29(25-28)20-19-27-21-24-34-33-17-10-18-35(37(33)40-38(34)36(27)32)39(30-13-6-2-7-14-30)31-15-8-3-9-16-31;1-3-11-29(12-4-1)39(30-13-5-2-6-14-30)31-23-20-27(21-24-31)33-16-9-17-34-35-25-22-28-19-18-26-10-7-8-15-32(26)36(28)38(35)40-37(33)34/h1-35H;2*1-25H. The van der Waals surface area contributed by atoms with Crippen molar-refractivity contribution in [1.29, 1.82) is 0 Å². The lowest BCUT2D eigenvalue weighted by atomic mass is 9.92. The molecule has 0 saturated carbocycles. The summed E-state index contributed by atoms with van der Waals surface area (Å²) in [5.74, 6) is 0. The molecule has 6 nitrogen and oxygen atoms in total. The topological polar surface area (TPSA) is 49.1 Å². The zero-order valence-corrected chi connectivity index (χ0v) is 75.1. The van der Waals surface area contributed by atoms with Gasteiger partial charge in [0.05, 0.1) is 11.4 Å². The van der Waals surface area contributed by atoms with Crippen molar-refractivity contribution in [2.75, 3.05) is 14.7 Å². The third-order valence-electron chi connectivity index (χ3n) is 27.7. The van der Waals surface area contributed by atoms with Crippen LogP contribution in [0, 0.1) is 0 Å². The molecule has 0 spiro atoms. The fraction of sp³-hybridized carbons (Fsp3) is 0. The molecule has 25 aromatic carbocycles. The van der Waals surface area contributed by atoms with Crippen LogP contribution in [0.5, 0.6) is 0 Å². The highest BCUT2D eigenvalue weighted by molar-refractivity contribution is 6.29. The number of rotatable bonds is 13. The molecule has 28 rings (SSSR count). The van der Waals surface area contributed by atoms with E-state index in [2.05, 4.69) is 530 Å². The van der Waals surface area contributed by atoms with Crippen molar-refractivity contribution in [1.82, 2.24) is 0 Å². The Bertz CT molecular complexity index is 9450. The lowest BCUT2D eigenvalue weighted by molar-refractivity contribution is 0.672. The second-order valence-electron chi connectivity index (χ2n) is 35.6. The second kappa shape index (κ2) is 34.0. The van der Waals surface area contributed by atoms with Crippen molar-refractivity contribution in [2.45, 2.75) is 0 Å². The van der Waals surface area contributed by atoms with Crippen molar-refractivity contribution in [3.05, 3.63) is 516 Å². The maximum atomic E-state index is 7.08. The molecule has 28 aromatic rings. The van der Waals surface area contributed by atoms with Gasteiger partial charge >= 0.3 is 0 Å². The number of fused-ring (bicyclic) bond motifs is 27. The molecule has 0 amide bonds. The molecule has 0 aliphatic carbocycles. The van der Waals surface area contributed by atoms with E-state index in [0.29, 0.717) is 0 Å². The van der Waals surface area contributed by atoms with Crippen LogP contribution in [0.3, 0.4) is 0 Å². The summed E-state index contributed by atoms with van der Waals surface area (Å²) in [6.45, 7) is 0. The molecule has 0 bridgehead atoms. The molecule has 0 atom stereocenters. The van der Waals surface area contributed by atoms with E-state index in [0.717, 1.165) is 139 Å². The molecule has 0 aliphatic heterocycles. The average Bonchev–Trinajstić information content (AvgIpc) is 1.57. The molecular weight excluding hydrogens is 1680 g/mol. The zero-order valence-electron chi connectivity index (χ0n) is 75.1. The lowest BCUT2D eigenvalue weighted by Gasteiger charge is -2.26. The van der Waals surface area contributed by atoms with Crippen molar-refractivity contribution in [3.8, 4) is 44.5 Å². The molecule has 0 saturated heterocycles. The largest absolute Gasteiger partial charge is 0.455 e. The van der Waals surface area contributed by atoms with Crippen LogP contribution < -0.4 is 14.7 Å². The minimum absolute atomic E-state index is 0.864. The van der Waals surface area contributed by atoms with Gasteiger partial charge in [-0.05, 0) is 247 Å². The van der Waals surface area contributed by atoms with Gasteiger partial charge in [0.25, 0.3) is 0 Å². The first-order chi connectivity index (χ1) is 68.5. The summed E-state index contributed by atoms with van der Waals surface area (Å²) < 4.78 is 20.7. The maximum Gasteiger partial charge on any atom is 0.159 e. The van der Waals surface area contributed by atoms with Crippen molar-refractivity contribution in [3.63, 3.8) is 0 Å².